The van der Waals surface area contributed by atoms with Gasteiger partial charge in [0.15, 0.2) is 11.6 Å². The normalized spacial score (nSPS) is 24.5. The highest BCUT2D eigenvalue weighted by Gasteiger charge is 2.43. The number of hydrazine groups is 1. The number of nitrogens with zero attached hydrogens (tertiary/aromatic N) is 4. The Labute approximate surface area is 220 Å². The number of carbonyl (C=O) groups is 1. The number of phenolic OH excluding ortho intramolecular Hbond substituents is 1. The van der Waals surface area contributed by atoms with Gasteiger partial charge in [-0.3, -0.25) is 10.2 Å². The van der Waals surface area contributed by atoms with Crippen LogP contribution in [0.4, 0.5) is 4.39 Å². The molecule has 38 heavy (non-hydrogen) atoms. The Morgan fingerprint density at radius 2 is 2.16 bits per heavy atom. The Morgan fingerprint density at radius 1 is 1.29 bits per heavy atom. The Kier molecular flexibility index (Phi) is 6.33. The van der Waals surface area contributed by atoms with E-state index in [1.165, 1.54) is 12.3 Å². The zero-order valence-corrected chi connectivity index (χ0v) is 21.2. The Balaban J connectivity index is 1.14. The third kappa shape index (κ3) is 4.31. The number of carbonyl (C=O) groups excluding carboxylic acids is 1. The number of hydrogen-bond donors (Lipinski definition) is 4. The van der Waals surface area contributed by atoms with E-state index in [1.807, 2.05) is 13.0 Å². The first-order valence-corrected chi connectivity index (χ1v) is 13.2. The smallest absolute Gasteiger partial charge is 0.255 e. The molecule has 9 nitrogen and oxygen atoms in total. The molecule has 0 bridgehead atoms. The van der Waals surface area contributed by atoms with E-state index in [1.54, 1.807) is 23.1 Å². The van der Waals surface area contributed by atoms with Crippen molar-refractivity contribution in [3.8, 4) is 11.8 Å². The van der Waals surface area contributed by atoms with Crippen molar-refractivity contribution in [3.05, 3.63) is 75.9 Å². The number of fused-ring (bicyclic) bond motifs is 2. The number of phenols is 1. The zero-order chi connectivity index (χ0) is 26.4. The van der Waals surface area contributed by atoms with E-state index < -0.39 is 5.82 Å². The molecule has 0 radical (unpaired) electrons. The molecule has 4 unspecified atom stereocenters. The molecule has 2 aromatic heterocycles. The van der Waals surface area contributed by atoms with Gasteiger partial charge in [0.2, 0.25) is 0 Å². The van der Waals surface area contributed by atoms with Crippen LogP contribution in [0.5, 0.6) is 5.75 Å². The van der Waals surface area contributed by atoms with Crippen molar-refractivity contribution in [2.24, 2.45) is 5.92 Å². The van der Waals surface area contributed by atoms with Crippen LogP contribution in [0.3, 0.4) is 0 Å². The summed E-state index contributed by atoms with van der Waals surface area (Å²) in [6.45, 7) is 3.05. The first-order chi connectivity index (χ1) is 18.4. The van der Waals surface area contributed by atoms with Crippen LogP contribution in [-0.2, 0) is 19.4 Å². The second-order valence-corrected chi connectivity index (χ2v) is 10.5. The lowest BCUT2D eigenvalue weighted by atomic mass is 9.73. The van der Waals surface area contributed by atoms with Gasteiger partial charge in [-0.2, -0.15) is 5.26 Å². The molecule has 4 atom stereocenters. The fraction of sp³-hybridized carbons (Fsp3) is 0.429. The molecule has 6 rings (SSSR count). The molecule has 10 heteroatoms. The molecule has 1 saturated carbocycles. The van der Waals surface area contributed by atoms with Crippen molar-refractivity contribution >= 4 is 5.91 Å². The summed E-state index contributed by atoms with van der Waals surface area (Å²) in [5, 5.41) is 18.8. The molecule has 4 N–H and O–H groups in total. The monoisotopic (exact) mass is 515 g/mol. The number of benzene rings is 1. The number of aryl methyl sites for hydroxylation is 1. The van der Waals surface area contributed by atoms with Crippen LogP contribution in [0.15, 0.2) is 30.5 Å². The first-order valence-electron chi connectivity index (χ1n) is 13.2. The number of amides is 1. The summed E-state index contributed by atoms with van der Waals surface area (Å²) in [7, 11) is 0. The highest BCUT2D eigenvalue weighted by atomic mass is 19.1. The number of pyridine rings is 1. The number of hydrogen-bond acceptors (Lipinski definition) is 7. The maximum atomic E-state index is 14.2. The number of H-pyrrole nitrogens is 1. The molecule has 1 aromatic carbocycles. The SMILES string of the molecule is CCc1cc(O)c(F)cc1C1CCC2C(C1)NNC2c1nc2c([nH]1)CN(C(=O)c1ccc(C#N)nc1)CC2. The van der Waals surface area contributed by atoms with Crippen molar-refractivity contribution in [2.45, 2.75) is 63.6 Å². The van der Waals surface area contributed by atoms with E-state index in [2.05, 4.69) is 20.8 Å². The second-order valence-electron chi connectivity index (χ2n) is 10.5. The number of aromatic amines is 1. The number of nitrogens with one attached hydrogen (secondary N) is 3. The topological polar surface area (TPSA) is 130 Å². The van der Waals surface area contributed by atoms with Gasteiger partial charge >= 0.3 is 0 Å². The van der Waals surface area contributed by atoms with Gasteiger partial charge in [0.1, 0.15) is 17.6 Å². The first kappa shape index (κ1) is 24.5. The van der Waals surface area contributed by atoms with Crippen LogP contribution in [0.25, 0.3) is 0 Å². The minimum absolute atomic E-state index is 0.0284. The van der Waals surface area contributed by atoms with E-state index in [-0.39, 0.29) is 35.4 Å². The molecule has 3 aromatic rings. The molecule has 4 heterocycles. The predicted molar refractivity (Wildman–Crippen MR) is 136 cm³/mol. The van der Waals surface area contributed by atoms with Crippen molar-refractivity contribution < 1.29 is 14.3 Å². The van der Waals surface area contributed by atoms with E-state index in [9.17, 15) is 14.3 Å². The van der Waals surface area contributed by atoms with Gasteiger partial charge in [-0.1, -0.05) is 6.92 Å². The summed E-state index contributed by atoms with van der Waals surface area (Å²) in [5.41, 5.74) is 11.6. The summed E-state index contributed by atoms with van der Waals surface area (Å²) >= 11 is 0. The highest BCUT2D eigenvalue weighted by molar-refractivity contribution is 5.94. The number of imidazole rings is 1. The van der Waals surface area contributed by atoms with Crippen LogP contribution in [0.1, 0.15) is 82.5 Å². The Bertz CT molecular complexity index is 1410. The Morgan fingerprint density at radius 3 is 2.92 bits per heavy atom. The molecular weight excluding hydrogens is 485 g/mol. The van der Waals surface area contributed by atoms with Gasteiger partial charge in [-0.15, -0.1) is 0 Å². The number of aromatic hydroxyl groups is 1. The van der Waals surface area contributed by atoms with Crippen molar-refractivity contribution in [2.75, 3.05) is 6.54 Å². The molecular formula is C28H30FN7O2. The number of halogens is 1. The minimum Gasteiger partial charge on any atom is -0.505 e. The van der Waals surface area contributed by atoms with Gasteiger partial charge in [-0.05, 0) is 72.9 Å². The molecule has 0 spiro atoms. The zero-order valence-electron chi connectivity index (χ0n) is 21.2. The lowest BCUT2D eigenvalue weighted by Gasteiger charge is -2.33. The van der Waals surface area contributed by atoms with Crippen molar-refractivity contribution in [1.29, 1.82) is 5.26 Å². The summed E-state index contributed by atoms with van der Waals surface area (Å²) < 4.78 is 14.2. The van der Waals surface area contributed by atoms with Crippen LogP contribution in [0.2, 0.25) is 0 Å². The molecule has 1 amide bonds. The maximum absolute atomic E-state index is 14.2. The minimum atomic E-state index is -0.557. The van der Waals surface area contributed by atoms with E-state index in [4.69, 9.17) is 10.2 Å². The standard InChI is InChI=1S/C28H30FN7O2/c1-2-15-10-25(37)21(29)11-20(15)16-4-6-19-23(9-16)34-35-26(19)27-32-22-7-8-36(14-24(22)33-27)28(38)17-3-5-18(12-30)31-13-17/h3,5,10-11,13,16,19,23,26,34-35,37H,2,4,6-9,14H2,1H3,(H,32,33). The summed E-state index contributed by atoms with van der Waals surface area (Å²) in [6.07, 6.45) is 5.67. The molecule has 2 aliphatic heterocycles. The molecule has 1 saturated heterocycles. The van der Waals surface area contributed by atoms with Crippen LogP contribution in [-0.4, -0.2) is 43.5 Å². The average molecular weight is 516 g/mol. The fourth-order valence-electron chi connectivity index (χ4n) is 6.33. The summed E-state index contributed by atoms with van der Waals surface area (Å²) in [5.74, 6) is 0.505. The van der Waals surface area contributed by atoms with Crippen LogP contribution >= 0.6 is 0 Å². The number of rotatable bonds is 4. The maximum Gasteiger partial charge on any atom is 0.255 e. The van der Waals surface area contributed by atoms with E-state index >= 15 is 0 Å². The van der Waals surface area contributed by atoms with E-state index in [0.29, 0.717) is 31.0 Å². The van der Waals surface area contributed by atoms with Crippen molar-refractivity contribution in [1.82, 2.24) is 30.7 Å². The highest BCUT2D eigenvalue weighted by Crippen LogP contribution is 2.44. The van der Waals surface area contributed by atoms with Gasteiger partial charge in [0, 0.05) is 25.2 Å². The molecule has 2 fully saturated rings. The summed E-state index contributed by atoms with van der Waals surface area (Å²) in [6, 6.07) is 8.51. The molecule has 1 aliphatic carbocycles. The lowest BCUT2D eigenvalue weighted by molar-refractivity contribution is 0.0731. The van der Waals surface area contributed by atoms with E-state index in [0.717, 1.165) is 54.0 Å². The van der Waals surface area contributed by atoms with Gasteiger partial charge < -0.3 is 15.0 Å². The fourth-order valence-corrected chi connectivity index (χ4v) is 6.33. The predicted octanol–water partition coefficient (Wildman–Crippen LogP) is 3.38. The Hall–Kier alpha value is -3.81. The van der Waals surface area contributed by atoms with Gasteiger partial charge in [0.25, 0.3) is 5.91 Å². The van der Waals surface area contributed by atoms with Gasteiger partial charge in [0.05, 0.1) is 29.5 Å². The molecule has 196 valence electrons. The third-order valence-electron chi connectivity index (χ3n) is 8.34. The van der Waals surface area contributed by atoms with Gasteiger partial charge in [-0.25, -0.2) is 19.8 Å². The largest absolute Gasteiger partial charge is 0.505 e. The third-order valence-corrected chi connectivity index (χ3v) is 8.34. The van der Waals surface area contributed by atoms with Crippen LogP contribution in [0, 0.1) is 23.1 Å². The average Bonchev–Trinajstić information content (AvgIpc) is 3.57. The molecule has 3 aliphatic rings. The second kappa shape index (κ2) is 9.82. The van der Waals surface area contributed by atoms with Crippen LogP contribution < -0.4 is 10.9 Å². The number of aromatic nitrogens is 3. The quantitative estimate of drug-likeness (QED) is 0.419. The van der Waals surface area contributed by atoms with Crippen molar-refractivity contribution in [3.63, 3.8) is 0 Å². The number of nitriles is 1. The lowest BCUT2D eigenvalue weighted by Crippen LogP contribution is -2.36. The summed E-state index contributed by atoms with van der Waals surface area (Å²) in [4.78, 5) is 27.2.